The van der Waals surface area contributed by atoms with E-state index in [4.69, 9.17) is 25.8 Å². The molecule has 0 aliphatic carbocycles. The molecule has 0 aliphatic rings. The van der Waals surface area contributed by atoms with Crippen LogP contribution in [-0.2, 0) is 13.1 Å². The van der Waals surface area contributed by atoms with Gasteiger partial charge in [-0.2, -0.15) is 0 Å². The summed E-state index contributed by atoms with van der Waals surface area (Å²) in [6, 6.07) is 11.0. The molecule has 0 atom stereocenters. The molecule has 3 aromatic rings. The summed E-state index contributed by atoms with van der Waals surface area (Å²) in [5.74, 6) is 1.12. The summed E-state index contributed by atoms with van der Waals surface area (Å²) in [5, 5.41) is 11.3. The Morgan fingerprint density at radius 1 is 1.00 bits per heavy atom. The number of pyridine rings is 1. The SMILES string of the molecule is COc1cc(CN(Cc2ccc(C)nc2Cl)C(=O)c2c(C(C)C)ccc(C)c2O)cc(OC)c1OC. The highest BCUT2D eigenvalue weighted by Crippen LogP contribution is 2.39. The number of hydrogen-bond acceptors (Lipinski definition) is 6. The number of halogens is 1. The maximum Gasteiger partial charge on any atom is 0.258 e. The number of benzene rings is 2. The van der Waals surface area contributed by atoms with Gasteiger partial charge in [0.2, 0.25) is 5.75 Å². The molecule has 0 fully saturated rings. The Hall–Kier alpha value is -3.45. The molecule has 36 heavy (non-hydrogen) atoms. The van der Waals surface area contributed by atoms with Gasteiger partial charge < -0.3 is 24.2 Å². The first-order valence-electron chi connectivity index (χ1n) is 11.6. The number of aryl methyl sites for hydroxylation is 2. The number of aromatic nitrogens is 1. The van der Waals surface area contributed by atoms with Crippen LogP contribution in [-0.4, -0.2) is 42.2 Å². The normalized spacial score (nSPS) is 10.9. The highest BCUT2D eigenvalue weighted by atomic mass is 35.5. The zero-order valence-corrected chi connectivity index (χ0v) is 22.6. The van der Waals surface area contributed by atoms with Crippen molar-refractivity contribution in [2.75, 3.05) is 21.3 Å². The smallest absolute Gasteiger partial charge is 0.258 e. The number of carbonyl (C=O) groups excluding carboxylic acids is 1. The van der Waals surface area contributed by atoms with E-state index >= 15 is 0 Å². The van der Waals surface area contributed by atoms with Crippen molar-refractivity contribution in [3.8, 4) is 23.0 Å². The molecule has 3 rings (SSSR count). The van der Waals surface area contributed by atoms with E-state index in [1.54, 1.807) is 38.2 Å². The number of phenolic OH excluding ortho intramolecular Hbond substituents is 1. The van der Waals surface area contributed by atoms with Crippen molar-refractivity contribution < 1.29 is 24.1 Å². The Bertz CT molecular complexity index is 1230. The van der Waals surface area contributed by atoms with E-state index in [9.17, 15) is 9.90 Å². The van der Waals surface area contributed by atoms with Crippen LogP contribution in [0.5, 0.6) is 23.0 Å². The largest absolute Gasteiger partial charge is 0.507 e. The lowest BCUT2D eigenvalue weighted by Gasteiger charge is -2.27. The fourth-order valence-corrected chi connectivity index (χ4v) is 4.35. The molecular formula is C28H33ClN2O5. The van der Waals surface area contributed by atoms with Crippen molar-refractivity contribution in [2.45, 2.75) is 46.7 Å². The molecule has 0 unspecified atom stereocenters. The molecule has 1 heterocycles. The number of carbonyl (C=O) groups is 1. The maximum absolute atomic E-state index is 14.1. The summed E-state index contributed by atoms with van der Waals surface area (Å²) in [4.78, 5) is 20.1. The molecule has 0 radical (unpaired) electrons. The zero-order valence-electron chi connectivity index (χ0n) is 21.8. The van der Waals surface area contributed by atoms with Crippen molar-refractivity contribution in [1.29, 1.82) is 0 Å². The van der Waals surface area contributed by atoms with Gasteiger partial charge in [-0.25, -0.2) is 4.98 Å². The minimum Gasteiger partial charge on any atom is -0.507 e. The van der Waals surface area contributed by atoms with Crippen LogP contribution in [0.3, 0.4) is 0 Å². The van der Waals surface area contributed by atoms with Gasteiger partial charge in [0.1, 0.15) is 10.9 Å². The van der Waals surface area contributed by atoms with E-state index in [1.807, 2.05) is 45.0 Å². The second-order valence-corrected chi connectivity index (χ2v) is 9.31. The Morgan fingerprint density at radius 3 is 2.17 bits per heavy atom. The molecule has 8 heteroatoms. The second-order valence-electron chi connectivity index (χ2n) is 8.95. The summed E-state index contributed by atoms with van der Waals surface area (Å²) in [5.41, 5.74) is 3.92. The number of hydrogen-bond donors (Lipinski definition) is 1. The summed E-state index contributed by atoms with van der Waals surface area (Å²) in [6.45, 7) is 8.00. The highest BCUT2D eigenvalue weighted by Gasteiger charge is 2.26. The van der Waals surface area contributed by atoms with Gasteiger partial charge in [-0.15, -0.1) is 0 Å². The first-order chi connectivity index (χ1) is 17.1. The summed E-state index contributed by atoms with van der Waals surface area (Å²) < 4.78 is 16.4. The molecule has 1 N–H and O–H groups in total. The number of phenols is 1. The predicted molar refractivity (Wildman–Crippen MR) is 141 cm³/mol. The Morgan fingerprint density at radius 2 is 1.64 bits per heavy atom. The molecule has 0 saturated carbocycles. The van der Waals surface area contributed by atoms with Gasteiger partial charge in [-0.05, 0) is 54.7 Å². The van der Waals surface area contributed by atoms with E-state index in [1.165, 1.54) is 7.11 Å². The van der Waals surface area contributed by atoms with Gasteiger partial charge in [0.15, 0.2) is 11.5 Å². The lowest BCUT2D eigenvalue weighted by Crippen LogP contribution is -2.31. The van der Waals surface area contributed by atoms with Crippen LogP contribution in [0, 0.1) is 13.8 Å². The fourth-order valence-electron chi connectivity index (χ4n) is 4.10. The maximum atomic E-state index is 14.1. The molecule has 1 amide bonds. The van der Waals surface area contributed by atoms with Crippen molar-refractivity contribution >= 4 is 17.5 Å². The van der Waals surface area contributed by atoms with Crippen molar-refractivity contribution in [2.24, 2.45) is 0 Å². The molecule has 192 valence electrons. The van der Waals surface area contributed by atoms with E-state index in [2.05, 4.69) is 4.98 Å². The lowest BCUT2D eigenvalue weighted by atomic mass is 9.93. The summed E-state index contributed by atoms with van der Waals surface area (Å²) in [6.07, 6.45) is 0. The molecular weight excluding hydrogens is 480 g/mol. The van der Waals surface area contributed by atoms with Crippen LogP contribution in [0.25, 0.3) is 0 Å². The minimum absolute atomic E-state index is 0.0192. The van der Waals surface area contributed by atoms with Gasteiger partial charge in [-0.1, -0.05) is 43.6 Å². The highest BCUT2D eigenvalue weighted by molar-refractivity contribution is 6.30. The van der Waals surface area contributed by atoms with E-state index in [0.29, 0.717) is 33.5 Å². The number of rotatable bonds is 9. The zero-order chi connectivity index (χ0) is 26.6. The van der Waals surface area contributed by atoms with Crippen LogP contribution in [0.1, 0.15) is 58.1 Å². The molecule has 0 spiro atoms. The van der Waals surface area contributed by atoms with E-state index in [0.717, 1.165) is 16.8 Å². The quantitative estimate of drug-likeness (QED) is 0.351. The fraction of sp³-hybridized carbons (Fsp3) is 0.357. The number of nitrogens with zero attached hydrogens (tertiary/aromatic N) is 2. The van der Waals surface area contributed by atoms with Crippen LogP contribution >= 0.6 is 11.6 Å². The average Bonchev–Trinajstić information content (AvgIpc) is 2.85. The first kappa shape index (κ1) is 27.1. The van der Waals surface area contributed by atoms with E-state index < -0.39 is 0 Å². The number of ether oxygens (including phenoxy) is 3. The summed E-state index contributed by atoms with van der Waals surface area (Å²) >= 11 is 6.45. The van der Waals surface area contributed by atoms with Gasteiger partial charge in [0.25, 0.3) is 5.91 Å². The molecule has 2 aromatic carbocycles. The van der Waals surface area contributed by atoms with Crippen LogP contribution in [0.15, 0.2) is 36.4 Å². The Kier molecular flexibility index (Phi) is 8.69. The number of amides is 1. The molecule has 7 nitrogen and oxygen atoms in total. The molecule has 1 aromatic heterocycles. The third-order valence-corrected chi connectivity index (χ3v) is 6.39. The topological polar surface area (TPSA) is 81.1 Å². The number of aromatic hydroxyl groups is 1. The second kappa shape index (κ2) is 11.5. The average molecular weight is 513 g/mol. The minimum atomic E-state index is -0.315. The molecule has 0 aliphatic heterocycles. The van der Waals surface area contributed by atoms with Crippen LogP contribution in [0.2, 0.25) is 5.15 Å². The monoisotopic (exact) mass is 512 g/mol. The van der Waals surface area contributed by atoms with Gasteiger partial charge >= 0.3 is 0 Å². The van der Waals surface area contributed by atoms with Crippen LogP contribution < -0.4 is 14.2 Å². The van der Waals surface area contributed by atoms with Crippen LogP contribution in [0.4, 0.5) is 0 Å². The number of methoxy groups -OCH3 is 3. The molecule has 0 bridgehead atoms. The standard InChI is InChI=1S/C28H33ClN2O5/c1-16(2)21-11-8-17(3)25(32)24(21)28(33)31(15-20-10-9-18(4)30-27(20)29)14-19-12-22(34-5)26(36-7)23(13-19)35-6/h8-13,16,32H,14-15H2,1-7H3. The molecule has 0 saturated heterocycles. The Labute approximate surface area is 217 Å². The first-order valence-corrected chi connectivity index (χ1v) is 12.0. The van der Waals surface area contributed by atoms with Crippen molar-refractivity contribution in [1.82, 2.24) is 9.88 Å². The third-order valence-electron chi connectivity index (χ3n) is 6.06. The van der Waals surface area contributed by atoms with Crippen molar-refractivity contribution in [3.05, 3.63) is 75.1 Å². The third kappa shape index (κ3) is 5.68. The van der Waals surface area contributed by atoms with E-state index in [-0.39, 0.29) is 36.2 Å². The Balaban J connectivity index is 2.14. The van der Waals surface area contributed by atoms with Gasteiger partial charge in [0, 0.05) is 24.3 Å². The lowest BCUT2D eigenvalue weighted by molar-refractivity contribution is 0.0724. The predicted octanol–water partition coefficient (Wildman–Crippen LogP) is 6.05. The van der Waals surface area contributed by atoms with Gasteiger partial charge in [-0.3, -0.25) is 4.79 Å². The summed E-state index contributed by atoms with van der Waals surface area (Å²) in [7, 11) is 4.62. The van der Waals surface area contributed by atoms with Gasteiger partial charge in [0.05, 0.1) is 26.9 Å². The van der Waals surface area contributed by atoms with Crippen molar-refractivity contribution in [3.63, 3.8) is 0 Å².